The third-order valence-electron chi connectivity index (χ3n) is 4.81. The summed E-state index contributed by atoms with van der Waals surface area (Å²) in [6.07, 6.45) is -1.18. The van der Waals surface area contributed by atoms with Crippen molar-refractivity contribution < 1.29 is 22.9 Å². The van der Waals surface area contributed by atoms with Gasteiger partial charge in [0.1, 0.15) is 17.9 Å². The lowest BCUT2D eigenvalue weighted by Gasteiger charge is -2.13. The molecule has 0 aromatic carbocycles. The molecular weight excluding hydrogens is 393 g/mol. The molecule has 12 heteroatoms. The number of hydrogen-bond acceptors (Lipinski definition) is 5. The van der Waals surface area contributed by atoms with Gasteiger partial charge in [0.05, 0.1) is 4.92 Å². The normalized spacial score (nSPS) is 15.3. The zero-order chi connectivity index (χ0) is 21.3. The van der Waals surface area contributed by atoms with E-state index in [2.05, 4.69) is 15.5 Å². The Morgan fingerprint density at radius 1 is 1.41 bits per heavy atom. The molecule has 2 aromatic heterocycles. The van der Waals surface area contributed by atoms with Crippen molar-refractivity contribution in [3.8, 4) is 0 Å². The van der Waals surface area contributed by atoms with E-state index < -0.39 is 22.8 Å². The van der Waals surface area contributed by atoms with E-state index >= 15 is 0 Å². The molecule has 0 radical (unpaired) electrons. The standard InChI is InChI=1S/C17H21F3N6O3/c1-10-14(26(28)29)9-25(22-10)11(2)16(27)21-6-3-7-24-13(12-4-5-12)8-15(23-24)17(18,19)20/h8-9,11-12H,3-7H2,1-2H3,(H,21,27). The molecule has 0 spiro atoms. The highest BCUT2D eigenvalue weighted by Crippen LogP contribution is 2.42. The van der Waals surface area contributed by atoms with E-state index in [0.717, 1.165) is 18.9 Å². The molecule has 1 amide bonds. The Labute approximate surface area is 164 Å². The van der Waals surface area contributed by atoms with E-state index in [0.29, 0.717) is 12.1 Å². The van der Waals surface area contributed by atoms with Crippen LogP contribution in [0.25, 0.3) is 0 Å². The van der Waals surface area contributed by atoms with E-state index in [9.17, 15) is 28.1 Å². The number of hydrogen-bond donors (Lipinski definition) is 1. The molecule has 1 aliphatic rings. The van der Waals surface area contributed by atoms with Crippen LogP contribution < -0.4 is 5.32 Å². The predicted molar refractivity (Wildman–Crippen MR) is 95.2 cm³/mol. The van der Waals surface area contributed by atoms with Crippen molar-refractivity contribution >= 4 is 11.6 Å². The van der Waals surface area contributed by atoms with Gasteiger partial charge in [0.15, 0.2) is 5.69 Å². The number of amides is 1. The first-order valence-electron chi connectivity index (χ1n) is 9.20. The van der Waals surface area contributed by atoms with Gasteiger partial charge in [-0.25, -0.2) is 0 Å². The summed E-state index contributed by atoms with van der Waals surface area (Å²) in [4.78, 5) is 22.6. The fraction of sp³-hybridized carbons (Fsp3) is 0.588. The Kier molecular flexibility index (Phi) is 5.62. The topological polar surface area (TPSA) is 108 Å². The molecule has 1 N–H and O–H groups in total. The van der Waals surface area contributed by atoms with E-state index in [1.165, 1.54) is 22.5 Å². The van der Waals surface area contributed by atoms with Crippen molar-refractivity contribution in [3.05, 3.63) is 39.5 Å². The van der Waals surface area contributed by atoms with Crippen LogP contribution in [-0.2, 0) is 17.5 Å². The third kappa shape index (κ3) is 4.74. The van der Waals surface area contributed by atoms with E-state index in [1.807, 2.05) is 0 Å². The molecular formula is C17H21F3N6O3. The van der Waals surface area contributed by atoms with Gasteiger partial charge in [0, 0.05) is 24.7 Å². The van der Waals surface area contributed by atoms with Gasteiger partial charge < -0.3 is 5.32 Å². The molecule has 3 rings (SSSR count). The largest absolute Gasteiger partial charge is 0.435 e. The molecule has 2 aromatic rings. The van der Waals surface area contributed by atoms with Crippen molar-refractivity contribution in [2.24, 2.45) is 0 Å². The summed E-state index contributed by atoms with van der Waals surface area (Å²) < 4.78 is 41.3. The number of nitro groups is 1. The summed E-state index contributed by atoms with van der Waals surface area (Å²) in [6.45, 7) is 3.52. The zero-order valence-corrected chi connectivity index (χ0v) is 15.9. The highest BCUT2D eigenvalue weighted by molar-refractivity contribution is 5.79. The van der Waals surface area contributed by atoms with Crippen molar-refractivity contribution in [2.45, 2.75) is 57.8 Å². The monoisotopic (exact) mass is 414 g/mol. The number of aryl methyl sites for hydroxylation is 2. The quantitative estimate of drug-likeness (QED) is 0.406. The fourth-order valence-electron chi connectivity index (χ4n) is 3.01. The highest BCUT2D eigenvalue weighted by atomic mass is 19.4. The molecule has 29 heavy (non-hydrogen) atoms. The van der Waals surface area contributed by atoms with E-state index in [4.69, 9.17) is 0 Å². The minimum Gasteiger partial charge on any atom is -0.354 e. The molecule has 1 aliphatic carbocycles. The van der Waals surface area contributed by atoms with Crippen LogP contribution in [0.2, 0.25) is 0 Å². The lowest BCUT2D eigenvalue weighted by molar-refractivity contribution is -0.385. The van der Waals surface area contributed by atoms with Gasteiger partial charge in [-0.3, -0.25) is 24.3 Å². The minimum absolute atomic E-state index is 0.118. The smallest absolute Gasteiger partial charge is 0.354 e. The summed E-state index contributed by atoms with van der Waals surface area (Å²) in [5, 5.41) is 21.2. The molecule has 0 saturated heterocycles. The Balaban J connectivity index is 1.54. The lowest BCUT2D eigenvalue weighted by Crippen LogP contribution is -2.32. The van der Waals surface area contributed by atoms with Gasteiger partial charge in [-0.1, -0.05) is 0 Å². The molecule has 1 fully saturated rings. The van der Waals surface area contributed by atoms with Gasteiger partial charge in [-0.2, -0.15) is 23.4 Å². The van der Waals surface area contributed by atoms with Crippen molar-refractivity contribution in [1.29, 1.82) is 0 Å². The van der Waals surface area contributed by atoms with Crippen LogP contribution >= 0.6 is 0 Å². The molecule has 9 nitrogen and oxygen atoms in total. The predicted octanol–water partition coefficient (Wildman–Crippen LogP) is 2.96. The van der Waals surface area contributed by atoms with E-state index in [1.54, 1.807) is 6.92 Å². The van der Waals surface area contributed by atoms with Crippen LogP contribution in [-0.4, -0.2) is 36.9 Å². The summed E-state index contributed by atoms with van der Waals surface area (Å²) in [7, 11) is 0. The number of aromatic nitrogens is 4. The second-order valence-electron chi connectivity index (χ2n) is 7.11. The average molecular weight is 414 g/mol. The van der Waals surface area contributed by atoms with Crippen molar-refractivity contribution in [2.75, 3.05) is 6.54 Å². The van der Waals surface area contributed by atoms with Gasteiger partial charge in [0.2, 0.25) is 5.91 Å². The highest BCUT2D eigenvalue weighted by Gasteiger charge is 2.37. The zero-order valence-electron chi connectivity index (χ0n) is 15.9. The first kappa shape index (κ1) is 20.8. The fourth-order valence-corrected chi connectivity index (χ4v) is 3.01. The molecule has 1 saturated carbocycles. The Morgan fingerprint density at radius 2 is 2.10 bits per heavy atom. The third-order valence-corrected chi connectivity index (χ3v) is 4.81. The van der Waals surface area contributed by atoms with Crippen LogP contribution in [0.15, 0.2) is 12.3 Å². The van der Waals surface area contributed by atoms with Crippen LogP contribution in [0, 0.1) is 17.0 Å². The van der Waals surface area contributed by atoms with Crippen molar-refractivity contribution in [3.63, 3.8) is 0 Å². The minimum atomic E-state index is -4.48. The van der Waals surface area contributed by atoms with E-state index in [-0.39, 0.29) is 36.3 Å². The van der Waals surface area contributed by atoms with Gasteiger partial charge in [-0.15, -0.1) is 0 Å². The first-order chi connectivity index (χ1) is 13.6. The maximum atomic E-state index is 12.9. The summed E-state index contributed by atoms with van der Waals surface area (Å²) in [6, 6.07) is 0.344. The summed E-state index contributed by atoms with van der Waals surface area (Å²) in [5.74, 6) is -0.270. The molecule has 2 heterocycles. The summed E-state index contributed by atoms with van der Waals surface area (Å²) >= 11 is 0. The SMILES string of the molecule is Cc1nn(C(C)C(=O)NCCCn2nc(C(F)(F)F)cc2C2CC2)cc1[N+](=O)[O-]. The number of nitrogens with one attached hydrogen (secondary N) is 1. The van der Waals surface area contributed by atoms with Gasteiger partial charge in [0.25, 0.3) is 0 Å². The number of carbonyl (C=O) groups excluding carboxylic acids is 1. The molecule has 1 unspecified atom stereocenters. The molecule has 0 aliphatic heterocycles. The van der Waals surface area contributed by atoms with Crippen LogP contribution in [0.1, 0.15) is 55.2 Å². The first-order valence-corrected chi connectivity index (χ1v) is 9.20. The Morgan fingerprint density at radius 3 is 2.66 bits per heavy atom. The number of carbonyl (C=O) groups is 1. The van der Waals surface area contributed by atoms with Crippen LogP contribution in [0.3, 0.4) is 0 Å². The second-order valence-corrected chi connectivity index (χ2v) is 7.11. The van der Waals surface area contributed by atoms with Gasteiger partial charge in [-0.05, 0) is 39.2 Å². The average Bonchev–Trinajstić information content (AvgIpc) is 3.26. The number of alkyl halides is 3. The molecule has 0 bridgehead atoms. The maximum absolute atomic E-state index is 12.9. The Bertz CT molecular complexity index is 916. The number of rotatable bonds is 8. The number of halogens is 3. The van der Waals surface area contributed by atoms with Crippen LogP contribution in [0.5, 0.6) is 0 Å². The Hall–Kier alpha value is -2.92. The molecule has 1 atom stereocenters. The second kappa shape index (κ2) is 7.84. The maximum Gasteiger partial charge on any atom is 0.435 e. The van der Waals surface area contributed by atoms with Gasteiger partial charge >= 0.3 is 11.9 Å². The van der Waals surface area contributed by atoms with Crippen LogP contribution in [0.4, 0.5) is 18.9 Å². The van der Waals surface area contributed by atoms with Crippen molar-refractivity contribution in [1.82, 2.24) is 24.9 Å². The number of nitrogens with zero attached hydrogens (tertiary/aromatic N) is 5. The summed E-state index contributed by atoms with van der Waals surface area (Å²) in [5.41, 5.74) is -0.276. The molecule has 158 valence electrons. The lowest BCUT2D eigenvalue weighted by atomic mass is 10.2.